The average Bonchev–Trinajstić information content (AvgIpc) is 2.43. The van der Waals surface area contributed by atoms with Crippen LogP contribution in [0.25, 0.3) is 0 Å². The normalized spacial score (nSPS) is 10.8. The van der Waals surface area contributed by atoms with Crippen LogP contribution in [0.2, 0.25) is 10.0 Å². The summed E-state index contributed by atoms with van der Waals surface area (Å²) in [6.45, 7) is 5.15. The molecule has 0 bridgehead atoms. The average molecular weight is 318 g/mol. The highest BCUT2D eigenvalue weighted by atomic mass is 35.5. The zero-order chi connectivity index (χ0) is 14.6. The van der Waals surface area contributed by atoms with Crippen LogP contribution in [0.4, 0.5) is 0 Å². The number of rotatable bonds is 11. The molecule has 0 saturated heterocycles. The molecular weight excluding hydrogens is 293 g/mol. The van der Waals surface area contributed by atoms with Crippen molar-refractivity contribution in [2.75, 3.05) is 19.7 Å². The van der Waals surface area contributed by atoms with Gasteiger partial charge in [-0.3, -0.25) is 0 Å². The van der Waals surface area contributed by atoms with Gasteiger partial charge in [-0.25, -0.2) is 0 Å². The van der Waals surface area contributed by atoms with Crippen LogP contribution in [-0.4, -0.2) is 19.7 Å². The molecule has 1 rings (SSSR count). The molecule has 0 aromatic heterocycles. The maximum absolute atomic E-state index is 6.03. The van der Waals surface area contributed by atoms with Crippen LogP contribution in [-0.2, 0) is 0 Å². The van der Waals surface area contributed by atoms with E-state index in [9.17, 15) is 0 Å². The van der Waals surface area contributed by atoms with E-state index in [1.807, 2.05) is 6.07 Å². The maximum atomic E-state index is 6.03. The third kappa shape index (κ3) is 7.37. The fourth-order valence-corrected chi connectivity index (χ4v) is 2.43. The molecule has 0 amide bonds. The molecule has 1 N–H and O–H groups in total. The minimum Gasteiger partial charge on any atom is -0.490 e. The van der Waals surface area contributed by atoms with Crippen LogP contribution in [0, 0.1) is 0 Å². The van der Waals surface area contributed by atoms with Crippen LogP contribution in [0.5, 0.6) is 5.75 Å². The first-order valence-electron chi connectivity index (χ1n) is 7.53. The van der Waals surface area contributed by atoms with Gasteiger partial charge in [0.15, 0.2) is 5.75 Å². The van der Waals surface area contributed by atoms with E-state index < -0.39 is 0 Å². The number of nitrogens with one attached hydrogen (secondary N) is 1. The minimum atomic E-state index is 0.581. The second-order valence-electron chi connectivity index (χ2n) is 4.92. The molecule has 4 heteroatoms. The molecule has 20 heavy (non-hydrogen) atoms. The summed E-state index contributed by atoms with van der Waals surface area (Å²) in [6, 6.07) is 5.42. The number of halogens is 2. The van der Waals surface area contributed by atoms with E-state index in [4.69, 9.17) is 27.9 Å². The number of ether oxygens (including phenoxy) is 1. The molecule has 1 aromatic rings. The lowest BCUT2D eigenvalue weighted by Crippen LogP contribution is -2.16. The Labute approximate surface area is 132 Å². The van der Waals surface area contributed by atoms with Gasteiger partial charge in [-0.05, 0) is 44.5 Å². The second kappa shape index (κ2) is 11.2. The largest absolute Gasteiger partial charge is 0.490 e. The molecule has 1 aromatic carbocycles. The number of para-hydroxylation sites is 1. The highest BCUT2D eigenvalue weighted by Gasteiger charge is 2.05. The molecule has 0 heterocycles. The third-order valence-corrected chi connectivity index (χ3v) is 3.72. The molecule has 0 fully saturated rings. The smallest absolute Gasteiger partial charge is 0.156 e. The Morgan fingerprint density at radius 2 is 1.60 bits per heavy atom. The predicted molar refractivity (Wildman–Crippen MR) is 88.2 cm³/mol. The van der Waals surface area contributed by atoms with Crippen molar-refractivity contribution < 1.29 is 4.74 Å². The summed E-state index contributed by atoms with van der Waals surface area (Å²) in [6.07, 6.45) is 7.21. The van der Waals surface area contributed by atoms with Crippen LogP contribution in [0.3, 0.4) is 0 Å². The Balaban J connectivity index is 2.00. The van der Waals surface area contributed by atoms with Crippen LogP contribution >= 0.6 is 23.2 Å². The lowest BCUT2D eigenvalue weighted by Gasteiger charge is -2.09. The highest BCUT2D eigenvalue weighted by Crippen LogP contribution is 2.32. The van der Waals surface area contributed by atoms with E-state index in [2.05, 4.69) is 12.2 Å². The Bertz CT molecular complexity index is 351. The molecule has 0 radical (unpaired) electrons. The molecule has 2 nitrogen and oxygen atoms in total. The number of benzene rings is 1. The summed E-state index contributed by atoms with van der Waals surface area (Å²) in [5.74, 6) is 0.608. The van der Waals surface area contributed by atoms with Crippen molar-refractivity contribution in [1.82, 2.24) is 5.32 Å². The predicted octanol–water partition coefficient (Wildman–Crippen LogP) is 5.32. The topological polar surface area (TPSA) is 21.3 Å². The lowest BCUT2D eigenvalue weighted by atomic mass is 10.2. The van der Waals surface area contributed by atoms with Crippen LogP contribution in [0.1, 0.15) is 45.4 Å². The maximum Gasteiger partial charge on any atom is 0.156 e. The molecule has 114 valence electrons. The molecule has 0 atom stereocenters. The third-order valence-electron chi connectivity index (χ3n) is 3.12. The van der Waals surface area contributed by atoms with Crippen molar-refractivity contribution in [3.8, 4) is 5.75 Å². The van der Waals surface area contributed by atoms with Gasteiger partial charge in [0.2, 0.25) is 0 Å². The van der Waals surface area contributed by atoms with Gasteiger partial charge < -0.3 is 10.1 Å². The Hall–Kier alpha value is -0.440. The second-order valence-corrected chi connectivity index (χ2v) is 5.73. The van der Waals surface area contributed by atoms with Crippen molar-refractivity contribution in [1.29, 1.82) is 0 Å². The number of unbranched alkanes of at least 4 members (excludes halogenated alkanes) is 4. The van der Waals surface area contributed by atoms with Gasteiger partial charge in [0.05, 0.1) is 16.7 Å². The SMILES string of the molecule is CCCCNCCCCCCOc1c(Cl)cccc1Cl. The van der Waals surface area contributed by atoms with Gasteiger partial charge in [0.1, 0.15) is 0 Å². The zero-order valence-electron chi connectivity index (χ0n) is 12.3. The van der Waals surface area contributed by atoms with Crippen LogP contribution < -0.4 is 10.1 Å². The van der Waals surface area contributed by atoms with Crippen molar-refractivity contribution >= 4 is 23.2 Å². The Kier molecular flexibility index (Phi) is 9.90. The summed E-state index contributed by atoms with van der Waals surface area (Å²) in [5, 5.41) is 4.61. The van der Waals surface area contributed by atoms with Crippen molar-refractivity contribution in [2.24, 2.45) is 0 Å². The van der Waals surface area contributed by atoms with E-state index >= 15 is 0 Å². The van der Waals surface area contributed by atoms with Crippen molar-refractivity contribution in [3.63, 3.8) is 0 Å². The van der Waals surface area contributed by atoms with E-state index in [-0.39, 0.29) is 0 Å². The zero-order valence-corrected chi connectivity index (χ0v) is 13.8. The Morgan fingerprint density at radius 3 is 2.30 bits per heavy atom. The first-order valence-corrected chi connectivity index (χ1v) is 8.28. The van der Waals surface area contributed by atoms with E-state index in [1.165, 1.54) is 32.1 Å². The van der Waals surface area contributed by atoms with Gasteiger partial charge in [-0.2, -0.15) is 0 Å². The summed E-state index contributed by atoms with van der Waals surface area (Å²) in [5.41, 5.74) is 0. The first kappa shape index (κ1) is 17.6. The van der Waals surface area contributed by atoms with Crippen LogP contribution in [0.15, 0.2) is 18.2 Å². The summed E-state index contributed by atoms with van der Waals surface area (Å²) < 4.78 is 5.65. The Morgan fingerprint density at radius 1 is 0.950 bits per heavy atom. The van der Waals surface area contributed by atoms with E-state index in [1.54, 1.807) is 12.1 Å². The number of hydrogen-bond donors (Lipinski definition) is 1. The quantitative estimate of drug-likeness (QED) is 0.557. The van der Waals surface area contributed by atoms with Gasteiger partial charge in [0, 0.05) is 0 Å². The fraction of sp³-hybridized carbons (Fsp3) is 0.625. The molecular formula is C16H25Cl2NO. The minimum absolute atomic E-state index is 0.581. The summed E-state index contributed by atoms with van der Waals surface area (Å²) >= 11 is 12.1. The molecule has 0 aliphatic heterocycles. The fourth-order valence-electron chi connectivity index (χ4n) is 1.93. The molecule has 0 unspecified atom stereocenters. The summed E-state index contributed by atoms with van der Waals surface area (Å²) in [4.78, 5) is 0. The van der Waals surface area contributed by atoms with E-state index in [0.29, 0.717) is 22.4 Å². The molecule has 0 saturated carbocycles. The summed E-state index contributed by atoms with van der Waals surface area (Å²) in [7, 11) is 0. The van der Waals surface area contributed by atoms with Gasteiger partial charge in [-0.1, -0.05) is 55.5 Å². The monoisotopic (exact) mass is 317 g/mol. The van der Waals surface area contributed by atoms with Crippen molar-refractivity contribution in [2.45, 2.75) is 45.4 Å². The lowest BCUT2D eigenvalue weighted by molar-refractivity contribution is 0.305. The van der Waals surface area contributed by atoms with Gasteiger partial charge >= 0.3 is 0 Å². The molecule has 0 spiro atoms. The van der Waals surface area contributed by atoms with Gasteiger partial charge in [0.25, 0.3) is 0 Å². The molecule has 0 aliphatic rings. The standard InChI is InChI=1S/C16H25Cl2NO/c1-2-3-11-19-12-6-4-5-7-13-20-16-14(17)9-8-10-15(16)18/h8-10,19H,2-7,11-13H2,1H3. The van der Waals surface area contributed by atoms with Gasteiger partial charge in [-0.15, -0.1) is 0 Å². The molecule has 0 aliphatic carbocycles. The highest BCUT2D eigenvalue weighted by molar-refractivity contribution is 6.37. The van der Waals surface area contributed by atoms with E-state index in [0.717, 1.165) is 19.5 Å². The first-order chi connectivity index (χ1) is 9.75. The van der Waals surface area contributed by atoms with Crippen molar-refractivity contribution in [3.05, 3.63) is 28.2 Å². The number of hydrogen-bond acceptors (Lipinski definition) is 2.